The predicted octanol–water partition coefficient (Wildman–Crippen LogP) is 3.22. The van der Waals surface area contributed by atoms with Gasteiger partial charge in [0.2, 0.25) is 5.91 Å². The van der Waals surface area contributed by atoms with Crippen molar-refractivity contribution in [2.45, 2.75) is 13.8 Å². The third kappa shape index (κ3) is 4.26. The van der Waals surface area contributed by atoms with E-state index in [2.05, 4.69) is 10.6 Å². The smallest absolute Gasteiger partial charge is 0.341 e. The number of amides is 1. The Morgan fingerprint density at radius 1 is 1.12 bits per heavy atom. The largest absolute Gasteiger partial charge is 0.497 e. The zero-order valence-corrected chi connectivity index (χ0v) is 16.2. The van der Waals surface area contributed by atoms with Crippen molar-refractivity contribution in [3.05, 3.63) is 34.2 Å². The number of ether oxygens (including phenoxy) is 3. The molecule has 0 spiro atoms. The molecule has 7 nitrogen and oxygen atoms in total. The first-order valence-corrected chi connectivity index (χ1v) is 8.67. The summed E-state index contributed by atoms with van der Waals surface area (Å²) in [5.41, 5.74) is 1.86. The molecule has 0 bridgehead atoms. The maximum atomic E-state index is 12.3. The first kappa shape index (κ1) is 19.6. The number of hydrogen-bond acceptors (Lipinski definition) is 7. The van der Waals surface area contributed by atoms with Crippen LogP contribution in [0.25, 0.3) is 0 Å². The molecule has 26 heavy (non-hydrogen) atoms. The van der Waals surface area contributed by atoms with E-state index in [-0.39, 0.29) is 12.5 Å². The average molecular weight is 378 g/mol. The van der Waals surface area contributed by atoms with E-state index in [4.69, 9.17) is 14.2 Å². The van der Waals surface area contributed by atoms with Crippen molar-refractivity contribution < 1.29 is 23.8 Å². The van der Waals surface area contributed by atoms with Crippen molar-refractivity contribution >= 4 is 33.9 Å². The molecule has 0 aliphatic carbocycles. The second kappa shape index (κ2) is 8.57. The van der Waals surface area contributed by atoms with E-state index in [1.54, 1.807) is 32.4 Å². The van der Waals surface area contributed by atoms with E-state index < -0.39 is 5.97 Å². The standard InChI is InChI=1S/C18H22N2O5S/c1-10-11(2)26-17(16(10)18(22)25-5)20-15(21)9-19-13-7-6-12(23-3)8-14(13)24-4/h6-8,19H,9H2,1-5H3,(H,20,21). The van der Waals surface area contributed by atoms with Gasteiger partial charge in [0.1, 0.15) is 16.5 Å². The lowest BCUT2D eigenvalue weighted by molar-refractivity contribution is -0.114. The first-order chi connectivity index (χ1) is 12.4. The van der Waals surface area contributed by atoms with Gasteiger partial charge in [0.25, 0.3) is 0 Å². The minimum Gasteiger partial charge on any atom is -0.497 e. The van der Waals surface area contributed by atoms with E-state index in [0.717, 1.165) is 10.4 Å². The lowest BCUT2D eigenvalue weighted by Crippen LogP contribution is -2.22. The Labute approximate surface area is 156 Å². The van der Waals surface area contributed by atoms with Gasteiger partial charge in [-0.1, -0.05) is 0 Å². The summed E-state index contributed by atoms with van der Waals surface area (Å²) in [7, 11) is 4.43. The minimum absolute atomic E-state index is 0.0132. The van der Waals surface area contributed by atoms with Crippen LogP contribution in [0.2, 0.25) is 0 Å². The molecule has 2 aromatic rings. The number of anilines is 2. The zero-order chi connectivity index (χ0) is 19.3. The van der Waals surface area contributed by atoms with Crippen molar-refractivity contribution in [2.24, 2.45) is 0 Å². The Morgan fingerprint density at radius 2 is 1.85 bits per heavy atom. The Hall–Kier alpha value is -2.74. The molecule has 0 radical (unpaired) electrons. The van der Waals surface area contributed by atoms with Crippen LogP contribution >= 0.6 is 11.3 Å². The monoisotopic (exact) mass is 378 g/mol. The van der Waals surface area contributed by atoms with Crippen LogP contribution in [0.3, 0.4) is 0 Å². The second-order valence-electron chi connectivity index (χ2n) is 5.45. The van der Waals surface area contributed by atoms with Crippen molar-refractivity contribution in [3.63, 3.8) is 0 Å². The van der Waals surface area contributed by atoms with E-state index in [0.29, 0.717) is 27.8 Å². The maximum absolute atomic E-state index is 12.3. The Kier molecular flexibility index (Phi) is 6.46. The number of esters is 1. The third-order valence-electron chi connectivity index (χ3n) is 3.88. The summed E-state index contributed by atoms with van der Waals surface area (Å²) in [4.78, 5) is 25.2. The van der Waals surface area contributed by atoms with Gasteiger partial charge >= 0.3 is 5.97 Å². The summed E-state index contributed by atoms with van der Waals surface area (Å²) in [6.45, 7) is 3.73. The number of aryl methyl sites for hydroxylation is 1. The number of nitrogens with one attached hydrogen (secondary N) is 2. The van der Waals surface area contributed by atoms with Crippen LogP contribution in [0.1, 0.15) is 20.8 Å². The Morgan fingerprint density at radius 3 is 2.46 bits per heavy atom. The molecule has 8 heteroatoms. The highest BCUT2D eigenvalue weighted by molar-refractivity contribution is 7.16. The van der Waals surface area contributed by atoms with Crippen LogP contribution in [0.15, 0.2) is 18.2 Å². The molecular weight excluding hydrogens is 356 g/mol. The number of benzene rings is 1. The normalized spacial score (nSPS) is 10.2. The molecule has 0 unspecified atom stereocenters. The molecule has 1 heterocycles. The van der Waals surface area contributed by atoms with Gasteiger partial charge in [0, 0.05) is 10.9 Å². The van der Waals surface area contributed by atoms with Gasteiger partial charge in [-0.2, -0.15) is 0 Å². The molecule has 1 aromatic carbocycles. The van der Waals surface area contributed by atoms with Crippen LogP contribution in [-0.2, 0) is 9.53 Å². The highest BCUT2D eigenvalue weighted by Crippen LogP contribution is 2.33. The molecule has 0 fully saturated rings. The average Bonchev–Trinajstić information content (AvgIpc) is 2.92. The van der Waals surface area contributed by atoms with E-state index in [1.807, 2.05) is 13.8 Å². The first-order valence-electron chi connectivity index (χ1n) is 7.85. The summed E-state index contributed by atoms with van der Waals surface area (Å²) in [5, 5.41) is 6.27. The van der Waals surface area contributed by atoms with Gasteiger partial charge in [-0.15, -0.1) is 11.3 Å². The van der Waals surface area contributed by atoms with Gasteiger partial charge in [-0.05, 0) is 31.5 Å². The minimum atomic E-state index is -0.466. The number of carbonyl (C=O) groups is 2. The summed E-state index contributed by atoms with van der Waals surface area (Å²) < 4.78 is 15.2. The molecule has 0 saturated carbocycles. The zero-order valence-electron chi connectivity index (χ0n) is 15.4. The van der Waals surface area contributed by atoms with Crippen LogP contribution < -0.4 is 20.1 Å². The summed E-state index contributed by atoms with van der Waals surface area (Å²) in [6.07, 6.45) is 0. The fourth-order valence-corrected chi connectivity index (χ4v) is 3.42. The molecular formula is C18H22N2O5S. The molecule has 1 amide bonds. The summed E-state index contributed by atoms with van der Waals surface area (Å²) in [5.74, 6) is 0.473. The molecule has 0 atom stereocenters. The van der Waals surface area contributed by atoms with Crippen LogP contribution in [-0.4, -0.2) is 39.8 Å². The highest BCUT2D eigenvalue weighted by Gasteiger charge is 2.21. The van der Waals surface area contributed by atoms with E-state index in [1.165, 1.54) is 18.4 Å². The van der Waals surface area contributed by atoms with Crippen molar-refractivity contribution in [3.8, 4) is 11.5 Å². The van der Waals surface area contributed by atoms with E-state index in [9.17, 15) is 9.59 Å². The van der Waals surface area contributed by atoms with Gasteiger partial charge in [-0.25, -0.2) is 4.79 Å². The van der Waals surface area contributed by atoms with Crippen LogP contribution in [0, 0.1) is 13.8 Å². The summed E-state index contributed by atoms with van der Waals surface area (Å²) >= 11 is 1.35. The number of thiophene rings is 1. The number of carbonyl (C=O) groups excluding carboxylic acids is 2. The quantitative estimate of drug-likeness (QED) is 0.720. The highest BCUT2D eigenvalue weighted by atomic mass is 32.1. The number of hydrogen-bond donors (Lipinski definition) is 2. The van der Waals surface area contributed by atoms with Gasteiger partial charge in [0.15, 0.2) is 0 Å². The molecule has 0 saturated heterocycles. The Bertz CT molecular complexity index is 816. The molecule has 0 aliphatic heterocycles. The summed E-state index contributed by atoms with van der Waals surface area (Å²) in [6, 6.07) is 5.26. The molecule has 140 valence electrons. The van der Waals surface area contributed by atoms with E-state index >= 15 is 0 Å². The second-order valence-corrected chi connectivity index (χ2v) is 6.67. The SMILES string of the molecule is COC(=O)c1c(NC(=O)CNc2ccc(OC)cc2OC)sc(C)c1C. The van der Waals surface area contributed by atoms with Crippen molar-refractivity contribution in [1.29, 1.82) is 0 Å². The molecule has 2 rings (SSSR count). The van der Waals surface area contributed by atoms with Crippen LogP contribution in [0.5, 0.6) is 11.5 Å². The predicted molar refractivity (Wildman–Crippen MR) is 102 cm³/mol. The molecule has 0 aliphatic rings. The number of rotatable bonds is 7. The number of methoxy groups -OCH3 is 3. The van der Waals surface area contributed by atoms with Gasteiger partial charge in [-0.3, -0.25) is 4.79 Å². The topological polar surface area (TPSA) is 85.9 Å². The Balaban J connectivity index is 2.09. The lowest BCUT2D eigenvalue weighted by atomic mass is 10.1. The third-order valence-corrected chi connectivity index (χ3v) is 5.00. The van der Waals surface area contributed by atoms with Gasteiger partial charge < -0.3 is 24.8 Å². The fraction of sp³-hybridized carbons (Fsp3) is 0.333. The fourth-order valence-electron chi connectivity index (χ4n) is 2.35. The van der Waals surface area contributed by atoms with Crippen LogP contribution in [0.4, 0.5) is 10.7 Å². The van der Waals surface area contributed by atoms with Crippen molar-refractivity contribution in [2.75, 3.05) is 38.5 Å². The molecule has 2 N–H and O–H groups in total. The lowest BCUT2D eigenvalue weighted by Gasteiger charge is -2.12. The molecule has 1 aromatic heterocycles. The maximum Gasteiger partial charge on any atom is 0.341 e. The van der Waals surface area contributed by atoms with Crippen molar-refractivity contribution in [1.82, 2.24) is 0 Å². The van der Waals surface area contributed by atoms with Gasteiger partial charge in [0.05, 0.1) is 39.1 Å².